The second kappa shape index (κ2) is 7.10. The van der Waals surface area contributed by atoms with Gasteiger partial charge < -0.3 is 10.2 Å². The van der Waals surface area contributed by atoms with Crippen LogP contribution in [0.2, 0.25) is 4.34 Å². The molecule has 2 rings (SSSR count). The van der Waals surface area contributed by atoms with E-state index in [0.717, 1.165) is 21.9 Å². The molecule has 1 aliphatic rings. The minimum atomic E-state index is 0.845. The second-order valence-corrected chi connectivity index (χ2v) is 7.01. The third-order valence-corrected chi connectivity index (χ3v) is 5.52. The van der Waals surface area contributed by atoms with Crippen molar-refractivity contribution in [3.63, 3.8) is 0 Å². The van der Waals surface area contributed by atoms with E-state index in [0.29, 0.717) is 0 Å². The van der Waals surface area contributed by atoms with Crippen molar-refractivity contribution in [2.45, 2.75) is 25.8 Å². The molecule has 1 aromatic heterocycles. The summed E-state index contributed by atoms with van der Waals surface area (Å²) in [6.45, 7) is 5.70. The van der Waals surface area contributed by atoms with Gasteiger partial charge >= 0.3 is 0 Å². The maximum absolute atomic E-state index is 6.00. The Morgan fingerprint density at radius 2 is 2.12 bits per heavy atom. The van der Waals surface area contributed by atoms with E-state index in [1.165, 1.54) is 43.8 Å². The van der Waals surface area contributed by atoms with Gasteiger partial charge in [-0.25, -0.2) is 0 Å². The quantitative estimate of drug-likeness (QED) is 0.823. The topological polar surface area (TPSA) is 15.3 Å². The van der Waals surface area contributed by atoms with E-state index in [1.54, 1.807) is 11.3 Å². The van der Waals surface area contributed by atoms with Crippen LogP contribution in [0.3, 0.4) is 0 Å². The van der Waals surface area contributed by atoms with Crippen LogP contribution in [0.25, 0.3) is 0 Å². The monoisotopic (exact) mass is 336 g/mol. The lowest BCUT2D eigenvalue weighted by molar-refractivity contribution is 0.229. The van der Waals surface area contributed by atoms with Crippen LogP contribution in [0.1, 0.15) is 24.1 Å². The Balaban J connectivity index is 1.62. The molecule has 1 aliphatic heterocycles. The first kappa shape index (κ1) is 13.8. The molecule has 17 heavy (non-hydrogen) atoms. The molecule has 1 saturated heterocycles. The lowest BCUT2D eigenvalue weighted by atomic mass is 10.1. The number of piperidine rings is 1. The van der Waals surface area contributed by atoms with Gasteiger partial charge in [-0.2, -0.15) is 0 Å². The number of likely N-dealkylation sites (tertiary alicyclic amines) is 1. The molecule has 5 heteroatoms. The Kier molecular flexibility index (Phi) is 5.77. The molecule has 0 atom stereocenters. The van der Waals surface area contributed by atoms with Crippen molar-refractivity contribution in [1.82, 2.24) is 10.2 Å². The van der Waals surface area contributed by atoms with Crippen molar-refractivity contribution in [3.05, 3.63) is 19.8 Å². The number of nitrogens with zero attached hydrogens (tertiary/aromatic N) is 1. The molecule has 1 fully saturated rings. The number of thiophene rings is 1. The smallest absolute Gasteiger partial charge is 0.107 e. The Bertz CT molecular complexity index is 331. The fraction of sp³-hybridized carbons (Fsp3) is 0.667. The van der Waals surface area contributed by atoms with Crippen LogP contribution in [-0.4, -0.2) is 31.1 Å². The van der Waals surface area contributed by atoms with Crippen LogP contribution in [0.15, 0.2) is 10.5 Å². The fourth-order valence-electron chi connectivity index (χ4n) is 2.11. The minimum absolute atomic E-state index is 0.845. The molecular formula is C12H18BrClN2S. The summed E-state index contributed by atoms with van der Waals surface area (Å²) in [6.07, 6.45) is 4.15. The van der Waals surface area contributed by atoms with Crippen LogP contribution in [-0.2, 0) is 6.54 Å². The number of rotatable bonds is 5. The molecule has 0 aromatic carbocycles. The SMILES string of the molecule is Clc1sc(CNCCN2CCCCC2)cc1Br. The molecule has 0 bridgehead atoms. The van der Waals surface area contributed by atoms with E-state index in [-0.39, 0.29) is 0 Å². The van der Waals surface area contributed by atoms with Crippen LogP contribution in [0, 0.1) is 0 Å². The highest BCUT2D eigenvalue weighted by atomic mass is 79.9. The van der Waals surface area contributed by atoms with Crippen molar-refractivity contribution in [1.29, 1.82) is 0 Å². The maximum atomic E-state index is 6.00. The van der Waals surface area contributed by atoms with Gasteiger partial charge in [0.05, 0.1) is 0 Å². The largest absolute Gasteiger partial charge is 0.311 e. The number of hydrogen-bond donors (Lipinski definition) is 1. The van der Waals surface area contributed by atoms with E-state index in [9.17, 15) is 0 Å². The predicted octanol–water partition coefficient (Wildman–Crippen LogP) is 3.74. The van der Waals surface area contributed by atoms with Gasteiger partial charge in [0, 0.05) is 29.0 Å². The third kappa shape index (κ3) is 4.52. The summed E-state index contributed by atoms with van der Waals surface area (Å²) >= 11 is 11.1. The van der Waals surface area contributed by atoms with Crippen LogP contribution in [0.5, 0.6) is 0 Å². The first-order chi connectivity index (χ1) is 8.25. The highest BCUT2D eigenvalue weighted by Crippen LogP contribution is 2.31. The molecular weight excluding hydrogens is 320 g/mol. The van der Waals surface area contributed by atoms with Crippen molar-refractivity contribution < 1.29 is 0 Å². The minimum Gasteiger partial charge on any atom is -0.311 e. The van der Waals surface area contributed by atoms with Crippen molar-refractivity contribution in [3.8, 4) is 0 Å². The van der Waals surface area contributed by atoms with Crippen LogP contribution in [0.4, 0.5) is 0 Å². The molecule has 2 nitrogen and oxygen atoms in total. The van der Waals surface area contributed by atoms with E-state index >= 15 is 0 Å². The fourth-order valence-corrected chi connectivity index (χ4v) is 3.87. The van der Waals surface area contributed by atoms with E-state index in [4.69, 9.17) is 11.6 Å². The molecule has 0 unspecified atom stereocenters. The molecule has 0 saturated carbocycles. The standard InChI is InChI=1S/C12H18BrClN2S/c13-11-8-10(17-12(11)14)9-15-4-7-16-5-2-1-3-6-16/h8,15H,1-7,9H2. The van der Waals surface area contributed by atoms with Gasteiger partial charge in [0.15, 0.2) is 0 Å². The van der Waals surface area contributed by atoms with Gasteiger partial charge in [-0.1, -0.05) is 18.0 Å². The van der Waals surface area contributed by atoms with Crippen molar-refractivity contribution in [2.75, 3.05) is 26.2 Å². The summed E-state index contributed by atoms with van der Waals surface area (Å²) in [6, 6.07) is 2.10. The summed E-state index contributed by atoms with van der Waals surface area (Å²) < 4.78 is 1.86. The number of hydrogen-bond acceptors (Lipinski definition) is 3. The molecule has 0 radical (unpaired) electrons. The van der Waals surface area contributed by atoms with Gasteiger partial charge in [-0.15, -0.1) is 11.3 Å². The summed E-state index contributed by atoms with van der Waals surface area (Å²) in [5, 5.41) is 3.48. The van der Waals surface area contributed by atoms with Gasteiger partial charge in [-0.3, -0.25) is 0 Å². The lowest BCUT2D eigenvalue weighted by Gasteiger charge is -2.26. The average Bonchev–Trinajstić information content (AvgIpc) is 2.66. The van der Waals surface area contributed by atoms with Crippen molar-refractivity contribution >= 4 is 38.9 Å². The van der Waals surface area contributed by atoms with Crippen molar-refractivity contribution in [2.24, 2.45) is 0 Å². The molecule has 2 heterocycles. The highest BCUT2D eigenvalue weighted by Gasteiger charge is 2.09. The zero-order chi connectivity index (χ0) is 12.1. The first-order valence-corrected chi connectivity index (χ1v) is 8.11. The van der Waals surface area contributed by atoms with Gasteiger partial charge in [0.1, 0.15) is 4.34 Å². The Labute approximate surface area is 120 Å². The summed E-state index contributed by atoms with van der Waals surface area (Å²) in [4.78, 5) is 3.84. The molecule has 0 aliphatic carbocycles. The maximum Gasteiger partial charge on any atom is 0.107 e. The molecule has 96 valence electrons. The van der Waals surface area contributed by atoms with E-state index in [1.807, 2.05) is 0 Å². The average molecular weight is 338 g/mol. The normalized spacial score (nSPS) is 17.5. The van der Waals surface area contributed by atoms with Gasteiger partial charge in [0.2, 0.25) is 0 Å². The Hall–Kier alpha value is 0.390. The summed E-state index contributed by atoms with van der Waals surface area (Å²) in [7, 11) is 0. The summed E-state index contributed by atoms with van der Waals surface area (Å²) in [5.74, 6) is 0. The zero-order valence-electron chi connectivity index (χ0n) is 9.85. The lowest BCUT2D eigenvalue weighted by Crippen LogP contribution is -2.35. The van der Waals surface area contributed by atoms with E-state index in [2.05, 4.69) is 32.2 Å². The molecule has 0 amide bonds. The van der Waals surface area contributed by atoms with Gasteiger partial charge in [-0.05, 0) is 47.9 Å². The van der Waals surface area contributed by atoms with Crippen LogP contribution < -0.4 is 5.32 Å². The zero-order valence-corrected chi connectivity index (χ0v) is 13.0. The van der Waals surface area contributed by atoms with E-state index < -0.39 is 0 Å². The molecule has 0 spiro atoms. The Morgan fingerprint density at radius 3 is 2.76 bits per heavy atom. The highest BCUT2D eigenvalue weighted by molar-refractivity contribution is 9.10. The third-order valence-electron chi connectivity index (χ3n) is 3.05. The summed E-state index contributed by atoms with van der Waals surface area (Å²) in [5.41, 5.74) is 0. The van der Waals surface area contributed by atoms with Crippen LogP contribution >= 0.6 is 38.9 Å². The Morgan fingerprint density at radius 1 is 1.35 bits per heavy atom. The number of nitrogens with one attached hydrogen (secondary N) is 1. The molecule has 1 aromatic rings. The molecule has 1 N–H and O–H groups in total. The second-order valence-electron chi connectivity index (χ2n) is 4.41. The predicted molar refractivity (Wildman–Crippen MR) is 79.0 cm³/mol. The first-order valence-electron chi connectivity index (χ1n) is 6.12. The van der Waals surface area contributed by atoms with Gasteiger partial charge in [0.25, 0.3) is 0 Å². The number of halogens is 2.